The van der Waals surface area contributed by atoms with Crippen LogP contribution in [0.3, 0.4) is 0 Å². The molecule has 21 heavy (non-hydrogen) atoms. The smallest absolute Gasteiger partial charge is 0.242 e. The van der Waals surface area contributed by atoms with Gasteiger partial charge in [-0.15, -0.1) is 0 Å². The monoisotopic (exact) mass is 309 g/mol. The quantitative estimate of drug-likeness (QED) is 0.831. The molecular formula is C13H19N5O2S. The van der Waals surface area contributed by atoms with E-state index in [2.05, 4.69) is 10.4 Å². The minimum absolute atomic E-state index is 0.186. The van der Waals surface area contributed by atoms with Gasteiger partial charge in [-0.3, -0.25) is 4.68 Å². The summed E-state index contributed by atoms with van der Waals surface area (Å²) in [6.07, 6.45) is 1.81. The summed E-state index contributed by atoms with van der Waals surface area (Å²) in [6, 6.07) is 4.59. The molecule has 0 spiro atoms. The van der Waals surface area contributed by atoms with Gasteiger partial charge in [0.25, 0.3) is 0 Å². The maximum atomic E-state index is 12.2. The van der Waals surface area contributed by atoms with E-state index in [1.807, 2.05) is 20.2 Å². The van der Waals surface area contributed by atoms with Crippen molar-refractivity contribution in [1.29, 1.82) is 0 Å². The third-order valence-electron chi connectivity index (χ3n) is 3.09. The molecule has 114 valence electrons. The molecule has 0 saturated carbocycles. The Morgan fingerprint density at radius 2 is 1.95 bits per heavy atom. The summed E-state index contributed by atoms with van der Waals surface area (Å²) in [5.41, 5.74) is 8.50. The van der Waals surface area contributed by atoms with Crippen molar-refractivity contribution in [2.45, 2.75) is 11.8 Å². The van der Waals surface area contributed by atoms with Gasteiger partial charge < -0.3 is 11.1 Å². The van der Waals surface area contributed by atoms with Crippen LogP contribution in [0.2, 0.25) is 0 Å². The van der Waals surface area contributed by atoms with Crippen LogP contribution in [0.15, 0.2) is 29.3 Å². The number of aromatic nitrogens is 2. The molecule has 0 unspecified atom stereocenters. The number of anilines is 3. The molecular weight excluding hydrogens is 290 g/mol. The second-order valence-electron chi connectivity index (χ2n) is 4.96. The number of nitrogens with zero attached hydrogens (tertiary/aromatic N) is 3. The van der Waals surface area contributed by atoms with Gasteiger partial charge in [-0.1, -0.05) is 0 Å². The Balaban J connectivity index is 2.43. The molecule has 0 fully saturated rings. The average molecular weight is 309 g/mol. The molecule has 0 aliphatic carbocycles. The van der Waals surface area contributed by atoms with Crippen LogP contribution in [0.4, 0.5) is 17.1 Å². The van der Waals surface area contributed by atoms with Crippen LogP contribution in [0.25, 0.3) is 0 Å². The van der Waals surface area contributed by atoms with Gasteiger partial charge in [0.05, 0.1) is 27.7 Å². The fourth-order valence-electron chi connectivity index (χ4n) is 1.88. The molecule has 0 bridgehead atoms. The first-order valence-electron chi connectivity index (χ1n) is 6.31. The van der Waals surface area contributed by atoms with E-state index in [4.69, 9.17) is 5.73 Å². The first kappa shape index (κ1) is 15.3. The van der Waals surface area contributed by atoms with Gasteiger partial charge in [-0.25, -0.2) is 12.7 Å². The van der Waals surface area contributed by atoms with Crippen molar-refractivity contribution < 1.29 is 8.42 Å². The fraction of sp³-hybridized carbons (Fsp3) is 0.308. The standard InChI is InChI=1S/C13H19N5O2S/c1-9-13(8-18(4)16-9)15-12-7-10(5-6-11(12)14)21(19,20)17(2)3/h5-8,15H,14H2,1-4H3. The summed E-state index contributed by atoms with van der Waals surface area (Å²) in [4.78, 5) is 0.186. The number of nitrogens with one attached hydrogen (secondary N) is 1. The number of nitrogen functional groups attached to an aromatic ring is 1. The van der Waals surface area contributed by atoms with Gasteiger partial charge in [0.2, 0.25) is 10.0 Å². The number of aryl methyl sites for hydroxylation is 2. The van der Waals surface area contributed by atoms with Gasteiger partial charge in [0.1, 0.15) is 0 Å². The van der Waals surface area contributed by atoms with Crippen LogP contribution in [0, 0.1) is 6.92 Å². The maximum Gasteiger partial charge on any atom is 0.242 e. The van der Waals surface area contributed by atoms with Gasteiger partial charge in [0, 0.05) is 27.3 Å². The molecule has 0 aliphatic rings. The Hall–Kier alpha value is -2.06. The second kappa shape index (κ2) is 5.38. The van der Waals surface area contributed by atoms with Crippen LogP contribution in [0.5, 0.6) is 0 Å². The van der Waals surface area contributed by atoms with E-state index in [0.29, 0.717) is 11.4 Å². The highest BCUT2D eigenvalue weighted by Crippen LogP contribution is 2.28. The summed E-state index contributed by atoms with van der Waals surface area (Å²) < 4.78 is 27.2. The van der Waals surface area contributed by atoms with E-state index in [1.54, 1.807) is 10.7 Å². The van der Waals surface area contributed by atoms with Crippen LogP contribution >= 0.6 is 0 Å². The van der Waals surface area contributed by atoms with Crippen LogP contribution in [-0.4, -0.2) is 36.6 Å². The minimum atomic E-state index is -3.50. The molecule has 0 atom stereocenters. The third kappa shape index (κ3) is 3.01. The Kier molecular flexibility index (Phi) is 3.93. The Morgan fingerprint density at radius 3 is 2.48 bits per heavy atom. The molecule has 1 aromatic carbocycles. The highest BCUT2D eigenvalue weighted by Gasteiger charge is 2.18. The SMILES string of the molecule is Cc1nn(C)cc1Nc1cc(S(=O)(=O)N(C)C)ccc1N. The molecule has 8 heteroatoms. The number of rotatable bonds is 4. The molecule has 0 saturated heterocycles. The molecule has 2 aromatic rings. The van der Waals surface area contributed by atoms with E-state index in [0.717, 1.165) is 15.7 Å². The van der Waals surface area contributed by atoms with Crippen molar-refractivity contribution in [3.63, 3.8) is 0 Å². The summed E-state index contributed by atoms with van der Waals surface area (Å²) in [6.45, 7) is 1.86. The lowest BCUT2D eigenvalue weighted by Gasteiger charge is -2.14. The summed E-state index contributed by atoms with van der Waals surface area (Å²) in [5, 5.41) is 7.34. The van der Waals surface area contributed by atoms with Gasteiger partial charge >= 0.3 is 0 Å². The van der Waals surface area contributed by atoms with E-state index < -0.39 is 10.0 Å². The van der Waals surface area contributed by atoms with Gasteiger partial charge in [-0.05, 0) is 25.1 Å². The Morgan fingerprint density at radius 1 is 1.29 bits per heavy atom. The van der Waals surface area contributed by atoms with E-state index in [9.17, 15) is 8.42 Å². The third-order valence-corrected chi connectivity index (χ3v) is 4.90. The molecule has 0 amide bonds. The minimum Gasteiger partial charge on any atom is -0.397 e. The zero-order valence-electron chi connectivity index (χ0n) is 12.5. The van der Waals surface area contributed by atoms with E-state index >= 15 is 0 Å². The van der Waals surface area contributed by atoms with Crippen LogP contribution in [0.1, 0.15) is 5.69 Å². The summed E-state index contributed by atoms with van der Waals surface area (Å²) >= 11 is 0. The normalized spacial score (nSPS) is 11.9. The van der Waals surface area contributed by atoms with Crippen molar-refractivity contribution in [3.05, 3.63) is 30.1 Å². The average Bonchev–Trinajstić information content (AvgIpc) is 2.70. The number of hydrogen-bond acceptors (Lipinski definition) is 5. The first-order valence-corrected chi connectivity index (χ1v) is 7.75. The summed E-state index contributed by atoms with van der Waals surface area (Å²) in [5.74, 6) is 0. The zero-order valence-corrected chi connectivity index (χ0v) is 13.3. The lowest BCUT2D eigenvalue weighted by Crippen LogP contribution is -2.22. The predicted octanol–water partition coefficient (Wildman–Crippen LogP) is 1.30. The lowest BCUT2D eigenvalue weighted by atomic mass is 10.2. The lowest BCUT2D eigenvalue weighted by molar-refractivity contribution is 0.521. The van der Waals surface area contributed by atoms with Gasteiger partial charge in [0.15, 0.2) is 0 Å². The Bertz CT molecular complexity index is 765. The van der Waals surface area contributed by atoms with Crippen molar-refractivity contribution in [1.82, 2.24) is 14.1 Å². The summed E-state index contributed by atoms with van der Waals surface area (Å²) in [7, 11) is 1.30. The highest BCUT2D eigenvalue weighted by atomic mass is 32.2. The molecule has 1 heterocycles. The highest BCUT2D eigenvalue weighted by molar-refractivity contribution is 7.89. The second-order valence-corrected chi connectivity index (χ2v) is 7.12. The number of sulfonamides is 1. The van der Waals surface area contributed by atoms with Crippen LogP contribution < -0.4 is 11.1 Å². The van der Waals surface area contributed by atoms with Crippen molar-refractivity contribution in [2.24, 2.45) is 7.05 Å². The molecule has 3 N–H and O–H groups in total. The Labute approximate surface area is 124 Å². The van der Waals surface area contributed by atoms with E-state index in [-0.39, 0.29) is 4.90 Å². The van der Waals surface area contributed by atoms with E-state index in [1.165, 1.54) is 26.2 Å². The van der Waals surface area contributed by atoms with Crippen molar-refractivity contribution in [3.8, 4) is 0 Å². The van der Waals surface area contributed by atoms with Crippen molar-refractivity contribution in [2.75, 3.05) is 25.1 Å². The fourth-order valence-corrected chi connectivity index (χ4v) is 2.81. The number of benzene rings is 1. The molecule has 0 radical (unpaired) electrons. The number of nitrogens with two attached hydrogens (primary N) is 1. The molecule has 0 aliphatic heterocycles. The van der Waals surface area contributed by atoms with Crippen LogP contribution in [-0.2, 0) is 17.1 Å². The first-order chi connectivity index (χ1) is 9.71. The topological polar surface area (TPSA) is 93.2 Å². The molecule has 1 aromatic heterocycles. The maximum absolute atomic E-state index is 12.2. The van der Waals surface area contributed by atoms with Crippen molar-refractivity contribution >= 4 is 27.1 Å². The largest absolute Gasteiger partial charge is 0.397 e. The molecule has 7 nitrogen and oxygen atoms in total. The number of hydrogen-bond donors (Lipinski definition) is 2. The predicted molar refractivity (Wildman–Crippen MR) is 83.0 cm³/mol. The zero-order chi connectivity index (χ0) is 15.8. The van der Waals surface area contributed by atoms with Gasteiger partial charge in [-0.2, -0.15) is 5.10 Å². The molecule has 2 rings (SSSR count).